The Morgan fingerprint density at radius 1 is 1.50 bits per heavy atom. The maximum Gasteiger partial charge on any atom is 0.235 e. The quantitative estimate of drug-likeness (QED) is 0.926. The van der Waals surface area contributed by atoms with Crippen molar-refractivity contribution in [3.63, 3.8) is 0 Å². The number of hydrogen-bond donors (Lipinski definition) is 1. The van der Waals surface area contributed by atoms with Gasteiger partial charge >= 0.3 is 0 Å². The molecule has 0 spiro atoms. The van der Waals surface area contributed by atoms with Gasteiger partial charge < -0.3 is 9.73 Å². The number of aromatic nitrogens is 3. The van der Waals surface area contributed by atoms with Crippen molar-refractivity contribution in [2.45, 2.75) is 25.3 Å². The molecule has 0 amide bonds. The topological polar surface area (TPSA) is 87.6 Å². The van der Waals surface area contributed by atoms with E-state index in [2.05, 4.69) is 19.9 Å². The third-order valence-corrected chi connectivity index (χ3v) is 3.75. The summed E-state index contributed by atoms with van der Waals surface area (Å²) in [5.41, 5.74) is 0.351. The van der Waals surface area contributed by atoms with Crippen LogP contribution in [0.25, 0.3) is 0 Å². The highest BCUT2D eigenvalue weighted by atomic mass is 35.5. The van der Waals surface area contributed by atoms with E-state index in [0.29, 0.717) is 34.8 Å². The lowest BCUT2D eigenvalue weighted by molar-refractivity contribution is 0.457. The van der Waals surface area contributed by atoms with Crippen molar-refractivity contribution >= 4 is 28.1 Å². The van der Waals surface area contributed by atoms with Crippen LogP contribution in [-0.2, 0) is 6.54 Å². The first kappa shape index (κ1) is 11.4. The summed E-state index contributed by atoms with van der Waals surface area (Å²) in [5, 5.41) is 20.7. The summed E-state index contributed by atoms with van der Waals surface area (Å²) in [5.74, 6) is 1.65. The van der Waals surface area contributed by atoms with Crippen molar-refractivity contribution in [2.24, 2.45) is 0 Å². The number of halogens is 1. The van der Waals surface area contributed by atoms with E-state index >= 15 is 0 Å². The average molecular weight is 282 g/mol. The highest BCUT2D eigenvalue weighted by molar-refractivity contribution is 7.10. The van der Waals surface area contributed by atoms with E-state index in [1.807, 2.05) is 6.07 Å². The molecule has 0 atom stereocenters. The van der Waals surface area contributed by atoms with Crippen LogP contribution in [0.4, 0.5) is 5.00 Å². The third-order valence-electron chi connectivity index (χ3n) is 2.57. The molecule has 1 saturated carbocycles. The summed E-state index contributed by atoms with van der Waals surface area (Å²) < 4.78 is 9.39. The number of nitrogens with one attached hydrogen (secondary N) is 1. The van der Waals surface area contributed by atoms with Crippen LogP contribution < -0.4 is 5.32 Å². The molecular weight excluding hydrogens is 274 g/mol. The normalized spacial score (nSPS) is 14.4. The van der Waals surface area contributed by atoms with Crippen LogP contribution >= 0.6 is 23.1 Å². The fourth-order valence-corrected chi connectivity index (χ4v) is 2.41. The zero-order valence-corrected chi connectivity index (χ0v) is 10.8. The van der Waals surface area contributed by atoms with Crippen LogP contribution in [-0.4, -0.2) is 14.6 Å². The second-order valence-corrected chi connectivity index (χ2v) is 5.08. The maximum absolute atomic E-state index is 8.91. The molecule has 2 aromatic rings. The van der Waals surface area contributed by atoms with Gasteiger partial charge in [-0.2, -0.15) is 9.64 Å². The van der Waals surface area contributed by atoms with Crippen LogP contribution in [0.3, 0.4) is 0 Å². The minimum atomic E-state index is 0.217. The lowest BCUT2D eigenvalue weighted by atomic mass is 10.4. The standard InChI is InChI=1S/C10H8ClN5OS/c11-8-6(3-12)10(18-16-8)13-4-7-14-15-9(17-7)5-1-2-5/h5,13H,1-2,4H2. The second kappa shape index (κ2) is 4.55. The number of anilines is 1. The third kappa shape index (κ3) is 2.17. The van der Waals surface area contributed by atoms with Crippen molar-refractivity contribution in [3.05, 3.63) is 22.5 Å². The number of hydrogen-bond acceptors (Lipinski definition) is 7. The molecule has 0 aliphatic heterocycles. The molecule has 0 unspecified atom stereocenters. The molecule has 1 N–H and O–H groups in total. The van der Waals surface area contributed by atoms with Gasteiger partial charge in [0.1, 0.15) is 16.6 Å². The van der Waals surface area contributed by atoms with Gasteiger partial charge in [-0.3, -0.25) is 0 Å². The monoisotopic (exact) mass is 281 g/mol. The zero-order valence-electron chi connectivity index (χ0n) is 9.18. The molecule has 0 aromatic carbocycles. The van der Waals surface area contributed by atoms with E-state index in [-0.39, 0.29) is 5.15 Å². The lowest BCUT2D eigenvalue weighted by Gasteiger charge is -1.98. The van der Waals surface area contributed by atoms with E-state index in [1.165, 1.54) is 0 Å². The summed E-state index contributed by atoms with van der Waals surface area (Å²) in [4.78, 5) is 0. The SMILES string of the molecule is N#Cc1c(Cl)nsc1NCc1nnc(C2CC2)o1. The summed E-state index contributed by atoms with van der Waals surface area (Å²) in [6.45, 7) is 0.368. The minimum Gasteiger partial charge on any atom is -0.423 e. The summed E-state index contributed by atoms with van der Waals surface area (Å²) in [7, 11) is 0. The van der Waals surface area contributed by atoms with Gasteiger partial charge in [0, 0.05) is 5.92 Å². The van der Waals surface area contributed by atoms with Crippen molar-refractivity contribution in [2.75, 3.05) is 5.32 Å². The first-order valence-electron chi connectivity index (χ1n) is 5.39. The van der Waals surface area contributed by atoms with E-state index < -0.39 is 0 Å². The van der Waals surface area contributed by atoms with Crippen molar-refractivity contribution in [1.29, 1.82) is 5.26 Å². The molecule has 2 heterocycles. The molecule has 6 nitrogen and oxygen atoms in total. The van der Waals surface area contributed by atoms with E-state index in [0.717, 1.165) is 24.4 Å². The Kier molecular flexibility index (Phi) is 2.89. The smallest absolute Gasteiger partial charge is 0.235 e. The van der Waals surface area contributed by atoms with Gasteiger partial charge in [0.25, 0.3) is 0 Å². The van der Waals surface area contributed by atoms with Gasteiger partial charge in [-0.25, -0.2) is 0 Å². The van der Waals surface area contributed by atoms with Gasteiger partial charge in [-0.1, -0.05) is 11.6 Å². The largest absolute Gasteiger partial charge is 0.423 e. The van der Waals surface area contributed by atoms with Gasteiger partial charge in [-0.15, -0.1) is 10.2 Å². The predicted molar refractivity (Wildman–Crippen MR) is 65.4 cm³/mol. The predicted octanol–water partition coefficient (Wildman–Crippen LogP) is 2.54. The Balaban J connectivity index is 1.68. The molecule has 1 aliphatic carbocycles. The van der Waals surface area contributed by atoms with E-state index in [9.17, 15) is 0 Å². The molecule has 0 radical (unpaired) electrons. The van der Waals surface area contributed by atoms with Crippen molar-refractivity contribution < 1.29 is 4.42 Å². The molecule has 1 aliphatic rings. The fourth-order valence-electron chi connectivity index (χ4n) is 1.48. The van der Waals surface area contributed by atoms with Crippen molar-refractivity contribution in [3.8, 4) is 6.07 Å². The van der Waals surface area contributed by atoms with Crippen LogP contribution in [0.15, 0.2) is 4.42 Å². The van der Waals surface area contributed by atoms with Gasteiger partial charge in [-0.05, 0) is 24.4 Å². The van der Waals surface area contributed by atoms with Crippen LogP contribution in [0, 0.1) is 11.3 Å². The minimum absolute atomic E-state index is 0.217. The Labute approximate surface area is 112 Å². The number of nitriles is 1. The number of rotatable bonds is 4. The average Bonchev–Trinajstić information content (AvgIpc) is 3.01. The van der Waals surface area contributed by atoms with Crippen LogP contribution in [0.1, 0.15) is 36.1 Å². The summed E-state index contributed by atoms with van der Waals surface area (Å²) in [6.07, 6.45) is 2.25. The Bertz CT molecular complexity index is 612. The Morgan fingerprint density at radius 2 is 2.33 bits per heavy atom. The molecule has 0 bridgehead atoms. The van der Waals surface area contributed by atoms with Gasteiger partial charge in [0.05, 0.1) is 6.54 Å². The summed E-state index contributed by atoms with van der Waals surface area (Å²) >= 11 is 6.91. The molecule has 1 fully saturated rings. The highest BCUT2D eigenvalue weighted by Crippen LogP contribution is 2.39. The summed E-state index contributed by atoms with van der Waals surface area (Å²) in [6, 6.07) is 2.00. The van der Waals surface area contributed by atoms with Crippen LogP contribution in [0.2, 0.25) is 5.15 Å². The second-order valence-electron chi connectivity index (χ2n) is 3.95. The van der Waals surface area contributed by atoms with E-state index in [1.54, 1.807) is 0 Å². The van der Waals surface area contributed by atoms with Gasteiger partial charge in [0.2, 0.25) is 11.8 Å². The van der Waals surface area contributed by atoms with Crippen molar-refractivity contribution in [1.82, 2.24) is 14.6 Å². The molecule has 0 saturated heterocycles. The highest BCUT2D eigenvalue weighted by Gasteiger charge is 2.29. The Morgan fingerprint density at radius 3 is 3.06 bits per heavy atom. The molecule has 2 aromatic heterocycles. The van der Waals surface area contributed by atoms with Gasteiger partial charge in [0.15, 0.2) is 5.15 Å². The molecule has 3 rings (SSSR count). The number of nitrogens with zero attached hydrogens (tertiary/aromatic N) is 4. The van der Waals surface area contributed by atoms with Crippen LogP contribution in [0.5, 0.6) is 0 Å². The molecular formula is C10H8ClN5OS. The van der Waals surface area contributed by atoms with E-state index in [4.69, 9.17) is 21.3 Å². The molecule has 92 valence electrons. The zero-order chi connectivity index (χ0) is 12.5. The lowest BCUT2D eigenvalue weighted by Crippen LogP contribution is -1.99. The maximum atomic E-state index is 8.91. The Hall–Kier alpha value is -1.65. The first-order valence-corrected chi connectivity index (χ1v) is 6.54. The molecule has 8 heteroatoms. The first-order chi connectivity index (χ1) is 8.78. The molecule has 18 heavy (non-hydrogen) atoms. The fraction of sp³-hybridized carbons (Fsp3) is 0.400.